The Kier molecular flexibility index (Phi) is 6.04. The Morgan fingerprint density at radius 1 is 1.32 bits per heavy atom. The summed E-state index contributed by atoms with van der Waals surface area (Å²) in [4.78, 5) is 26.6. The minimum Gasteiger partial charge on any atom is -0.481 e. The van der Waals surface area contributed by atoms with E-state index in [1.807, 2.05) is 7.05 Å². The fraction of sp³-hybridized carbons (Fsp3) is 0.833. The third-order valence-corrected chi connectivity index (χ3v) is 3.47. The molecule has 2 atom stereocenters. The lowest BCUT2D eigenvalue weighted by Crippen LogP contribution is -2.55. The maximum atomic E-state index is 11.6. The monoisotopic (exact) mass is 272 g/mol. The number of carboxylic acid groups (broad SMARTS) is 1. The molecule has 3 N–H and O–H groups in total. The summed E-state index contributed by atoms with van der Waals surface area (Å²) in [5.74, 6) is -1.48. The Morgan fingerprint density at radius 2 is 2.00 bits per heavy atom. The van der Waals surface area contributed by atoms with Gasteiger partial charge in [0.1, 0.15) is 0 Å². The number of amides is 2. The van der Waals surface area contributed by atoms with Crippen molar-refractivity contribution in [2.45, 2.75) is 13.0 Å². The number of carbonyl (C=O) groups is 2. The topological polar surface area (TPSA) is 84.9 Å². The van der Waals surface area contributed by atoms with Crippen LogP contribution in [0.15, 0.2) is 0 Å². The minimum absolute atomic E-state index is 0.140. The van der Waals surface area contributed by atoms with Gasteiger partial charge in [-0.15, -0.1) is 0 Å². The van der Waals surface area contributed by atoms with Crippen molar-refractivity contribution < 1.29 is 14.7 Å². The van der Waals surface area contributed by atoms with E-state index < -0.39 is 11.9 Å². The average molecular weight is 272 g/mol. The number of hydrogen-bond donors (Lipinski definition) is 3. The van der Waals surface area contributed by atoms with Gasteiger partial charge in [0.2, 0.25) is 0 Å². The van der Waals surface area contributed by atoms with E-state index in [1.54, 1.807) is 6.92 Å². The van der Waals surface area contributed by atoms with Gasteiger partial charge < -0.3 is 20.6 Å². The fourth-order valence-corrected chi connectivity index (χ4v) is 1.93. The molecule has 0 aromatic heterocycles. The number of carbonyl (C=O) groups excluding carboxylic acids is 1. The van der Waals surface area contributed by atoms with Crippen LogP contribution in [0.1, 0.15) is 6.92 Å². The van der Waals surface area contributed by atoms with Gasteiger partial charge in [-0.2, -0.15) is 0 Å². The van der Waals surface area contributed by atoms with Gasteiger partial charge in [-0.3, -0.25) is 9.69 Å². The summed E-state index contributed by atoms with van der Waals surface area (Å²) < 4.78 is 0. The van der Waals surface area contributed by atoms with E-state index in [-0.39, 0.29) is 12.6 Å². The lowest BCUT2D eigenvalue weighted by molar-refractivity contribution is -0.140. The van der Waals surface area contributed by atoms with Gasteiger partial charge in [0.15, 0.2) is 0 Å². The van der Waals surface area contributed by atoms with Gasteiger partial charge in [0, 0.05) is 38.8 Å². The van der Waals surface area contributed by atoms with E-state index >= 15 is 0 Å². The molecule has 1 saturated heterocycles. The van der Waals surface area contributed by atoms with Crippen LogP contribution in [0.2, 0.25) is 0 Å². The number of hydrogen-bond acceptors (Lipinski definition) is 4. The van der Waals surface area contributed by atoms with E-state index in [0.717, 1.165) is 19.6 Å². The first-order valence-corrected chi connectivity index (χ1v) is 6.53. The summed E-state index contributed by atoms with van der Waals surface area (Å²) in [5.41, 5.74) is 0. The van der Waals surface area contributed by atoms with Crippen molar-refractivity contribution in [2.24, 2.45) is 5.92 Å². The highest BCUT2D eigenvalue weighted by Crippen LogP contribution is 2.04. The third-order valence-electron chi connectivity index (χ3n) is 3.47. The lowest BCUT2D eigenvalue weighted by atomic mass is 10.2. The van der Waals surface area contributed by atoms with Crippen molar-refractivity contribution in [2.75, 3.05) is 46.8 Å². The van der Waals surface area contributed by atoms with E-state index in [9.17, 15) is 9.59 Å². The molecule has 1 fully saturated rings. The smallest absolute Gasteiger partial charge is 0.314 e. The first kappa shape index (κ1) is 15.7. The second kappa shape index (κ2) is 7.30. The number of urea groups is 1. The number of likely N-dealkylation sites (N-methyl/N-ethyl adjacent to an activating group) is 2. The zero-order valence-electron chi connectivity index (χ0n) is 11.8. The highest BCUT2D eigenvalue weighted by atomic mass is 16.4. The van der Waals surface area contributed by atoms with Crippen molar-refractivity contribution in [1.82, 2.24) is 20.4 Å². The molecule has 0 aromatic carbocycles. The van der Waals surface area contributed by atoms with Gasteiger partial charge in [-0.1, -0.05) is 6.92 Å². The molecule has 2 unspecified atom stereocenters. The zero-order valence-corrected chi connectivity index (χ0v) is 11.8. The molecule has 0 radical (unpaired) electrons. The number of aliphatic carboxylic acids is 1. The second-order valence-electron chi connectivity index (χ2n) is 5.23. The molecule has 1 heterocycles. The van der Waals surface area contributed by atoms with Gasteiger partial charge in [-0.25, -0.2) is 4.79 Å². The Labute approximate surface area is 113 Å². The van der Waals surface area contributed by atoms with Crippen LogP contribution in [0.3, 0.4) is 0 Å². The molecular formula is C12H24N4O3. The first-order valence-electron chi connectivity index (χ1n) is 6.53. The molecule has 1 aliphatic heterocycles. The summed E-state index contributed by atoms with van der Waals surface area (Å²) in [6.45, 7) is 5.21. The fourth-order valence-electron chi connectivity index (χ4n) is 1.93. The summed E-state index contributed by atoms with van der Waals surface area (Å²) in [6, 6.07) is -0.0175. The first-order chi connectivity index (χ1) is 8.90. The molecular weight excluding hydrogens is 248 g/mol. The molecule has 0 aromatic rings. The molecule has 0 bridgehead atoms. The van der Waals surface area contributed by atoms with Crippen LogP contribution in [-0.2, 0) is 4.79 Å². The summed E-state index contributed by atoms with van der Waals surface area (Å²) in [6.07, 6.45) is 0. The van der Waals surface area contributed by atoms with Gasteiger partial charge in [0.25, 0.3) is 0 Å². The molecule has 1 aliphatic rings. The lowest BCUT2D eigenvalue weighted by Gasteiger charge is -2.37. The molecule has 0 saturated carbocycles. The van der Waals surface area contributed by atoms with E-state index in [0.29, 0.717) is 12.6 Å². The van der Waals surface area contributed by atoms with Crippen LogP contribution in [0.5, 0.6) is 0 Å². The van der Waals surface area contributed by atoms with Crippen molar-refractivity contribution in [3.8, 4) is 0 Å². The van der Waals surface area contributed by atoms with Crippen LogP contribution < -0.4 is 10.6 Å². The van der Waals surface area contributed by atoms with Gasteiger partial charge in [0.05, 0.1) is 5.92 Å². The summed E-state index contributed by atoms with van der Waals surface area (Å²) >= 11 is 0. The van der Waals surface area contributed by atoms with Crippen LogP contribution in [0, 0.1) is 5.92 Å². The predicted octanol–water partition coefficient (Wildman–Crippen LogP) is -0.748. The second-order valence-corrected chi connectivity index (χ2v) is 5.23. The maximum absolute atomic E-state index is 11.6. The largest absolute Gasteiger partial charge is 0.481 e. The maximum Gasteiger partial charge on any atom is 0.314 e. The third kappa shape index (κ3) is 5.44. The van der Waals surface area contributed by atoms with Crippen LogP contribution in [0.25, 0.3) is 0 Å². The summed E-state index contributed by atoms with van der Waals surface area (Å²) in [5, 5.41) is 14.1. The molecule has 7 nitrogen and oxygen atoms in total. The van der Waals surface area contributed by atoms with Crippen molar-refractivity contribution in [3.63, 3.8) is 0 Å². The normalized spacial score (nSPS) is 22.8. The van der Waals surface area contributed by atoms with E-state index in [4.69, 9.17) is 5.11 Å². The average Bonchev–Trinajstić information content (AvgIpc) is 2.36. The quantitative estimate of drug-likeness (QED) is 0.613. The number of rotatable bonds is 5. The molecule has 110 valence electrons. The molecule has 1 rings (SSSR count). The van der Waals surface area contributed by atoms with Crippen LogP contribution >= 0.6 is 0 Å². The predicted molar refractivity (Wildman–Crippen MR) is 72.1 cm³/mol. The van der Waals surface area contributed by atoms with E-state index in [2.05, 4.69) is 27.5 Å². The number of nitrogens with zero attached hydrogens (tertiary/aromatic N) is 2. The molecule has 2 amide bonds. The van der Waals surface area contributed by atoms with Crippen molar-refractivity contribution in [1.29, 1.82) is 0 Å². The Balaban J connectivity index is 2.24. The minimum atomic E-state index is -0.908. The molecule has 19 heavy (non-hydrogen) atoms. The van der Waals surface area contributed by atoms with Crippen LogP contribution in [-0.4, -0.2) is 79.8 Å². The Bertz CT molecular complexity index is 324. The van der Waals surface area contributed by atoms with E-state index in [1.165, 1.54) is 0 Å². The Hall–Kier alpha value is -1.34. The van der Waals surface area contributed by atoms with Gasteiger partial charge >= 0.3 is 12.0 Å². The number of carboxylic acids is 1. The highest BCUT2D eigenvalue weighted by Gasteiger charge is 2.22. The number of nitrogens with one attached hydrogen (secondary N) is 2. The molecule has 7 heteroatoms. The van der Waals surface area contributed by atoms with Crippen molar-refractivity contribution >= 4 is 12.0 Å². The SMILES string of the molecule is CC(CNC(=O)NCC1CN(C)CCN1C)C(=O)O. The summed E-state index contributed by atoms with van der Waals surface area (Å²) in [7, 11) is 4.11. The highest BCUT2D eigenvalue weighted by molar-refractivity contribution is 5.75. The number of piperazine rings is 1. The standard InChI is InChI=1S/C12H24N4O3/c1-9(11(17)18)6-13-12(19)14-7-10-8-15(2)4-5-16(10)3/h9-10H,4-8H2,1-3H3,(H,17,18)(H2,13,14,19). The molecule has 0 aliphatic carbocycles. The van der Waals surface area contributed by atoms with Gasteiger partial charge in [-0.05, 0) is 14.1 Å². The van der Waals surface area contributed by atoms with Crippen LogP contribution in [0.4, 0.5) is 4.79 Å². The Morgan fingerprint density at radius 3 is 2.63 bits per heavy atom. The van der Waals surface area contributed by atoms with Crippen molar-refractivity contribution in [3.05, 3.63) is 0 Å². The zero-order chi connectivity index (χ0) is 14.4. The molecule has 0 spiro atoms.